The predicted molar refractivity (Wildman–Crippen MR) is 82.9 cm³/mol. The summed E-state index contributed by atoms with van der Waals surface area (Å²) in [7, 11) is 0. The summed E-state index contributed by atoms with van der Waals surface area (Å²) in [6.07, 6.45) is 2.04. The molecule has 1 aromatic rings. The van der Waals surface area contributed by atoms with Crippen LogP contribution in [-0.2, 0) is 0 Å². The molecule has 1 amide bonds. The Labute approximate surface area is 126 Å². The van der Waals surface area contributed by atoms with Crippen molar-refractivity contribution in [3.05, 3.63) is 35.1 Å². The molecule has 0 aromatic heterocycles. The molecule has 1 aliphatic heterocycles. The third-order valence-electron chi connectivity index (χ3n) is 4.20. The highest BCUT2D eigenvalue weighted by atomic mass is 19.1. The second-order valence-corrected chi connectivity index (χ2v) is 6.06. The highest BCUT2D eigenvalue weighted by molar-refractivity contribution is 5.94. The van der Waals surface area contributed by atoms with Gasteiger partial charge in [0.1, 0.15) is 5.82 Å². The van der Waals surface area contributed by atoms with E-state index in [1.807, 2.05) is 6.92 Å². The highest BCUT2D eigenvalue weighted by Crippen LogP contribution is 2.20. The summed E-state index contributed by atoms with van der Waals surface area (Å²) in [5.74, 6) is -0.219. The summed E-state index contributed by atoms with van der Waals surface area (Å²) in [4.78, 5) is 14.3. The van der Waals surface area contributed by atoms with Gasteiger partial charge in [-0.2, -0.15) is 0 Å². The largest absolute Gasteiger partial charge is 0.338 e. The van der Waals surface area contributed by atoms with Crippen LogP contribution in [0.5, 0.6) is 0 Å². The number of carbonyl (C=O) groups excluding carboxylic acids is 1. The molecule has 0 radical (unpaired) electrons. The number of benzene rings is 1. The average molecular weight is 292 g/mol. The van der Waals surface area contributed by atoms with Gasteiger partial charge in [0, 0.05) is 19.1 Å². The van der Waals surface area contributed by atoms with Gasteiger partial charge < -0.3 is 10.2 Å². The van der Waals surface area contributed by atoms with Crippen molar-refractivity contribution in [2.24, 2.45) is 5.92 Å². The van der Waals surface area contributed by atoms with Crippen LogP contribution in [0.25, 0.3) is 0 Å². The minimum atomic E-state index is -0.426. The van der Waals surface area contributed by atoms with E-state index in [0.29, 0.717) is 25.0 Å². The molecule has 0 aliphatic carbocycles. The first kappa shape index (κ1) is 16.0. The Morgan fingerprint density at radius 1 is 1.48 bits per heavy atom. The zero-order valence-electron chi connectivity index (χ0n) is 13.2. The molecule has 2 atom stereocenters. The van der Waals surface area contributed by atoms with E-state index in [-0.39, 0.29) is 11.5 Å². The molecule has 0 bridgehead atoms. The van der Waals surface area contributed by atoms with E-state index < -0.39 is 5.82 Å². The molecular formula is C17H25FN2O. The first-order chi connectivity index (χ1) is 10.0. The number of amides is 1. The minimum absolute atomic E-state index is 0.183. The van der Waals surface area contributed by atoms with Crippen LogP contribution in [0.4, 0.5) is 4.39 Å². The van der Waals surface area contributed by atoms with Crippen molar-refractivity contribution in [3.8, 4) is 0 Å². The lowest BCUT2D eigenvalue weighted by Crippen LogP contribution is -2.50. The van der Waals surface area contributed by atoms with Gasteiger partial charge in [-0.1, -0.05) is 25.5 Å². The maximum Gasteiger partial charge on any atom is 0.256 e. The zero-order chi connectivity index (χ0) is 15.4. The molecule has 1 aromatic carbocycles. The number of likely N-dealkylation sites (tertiary alicyclic amines) is 1. The second kappa shape index (κ2) is 7.03. The van der Waals surface area contributed by atoms with Gasteiger partial charge >= 0.3 is 0 Å². The van der Waals surface area contributed by atoms with Gasteiger partial charge in [0.15, 0.2) is 0 Å². The van der Waals surface area contributed by atoms with E-state index in [9.17, 15) is 9.18 Å². The lowest BCUT2D eigenvalue weighted by atomic mass is 9.93. The van der Waals surface area contributed by atoms with Crippen molar-refractivity contribution in [1.29, 1.82) is 0 Å². The quantitative estimate of drug-likeness (QED) is 0.925. The summed E-state index contributed by atoms with van der Waals surface area (Å²) in [6, 6.07) is 5.16. The molecule has 0 saturated carbocycles. The van der Waals surface area contributed by atoms with Gasteiger partial charge in [-0.3, -0.25) is 4.79 Å². The predicted octanol–water partition coefficient (Wildman–Crippen LogP) is 2.98. The van der Waals surface area contributed by atoms with E-state index in [1.165, 1.54) is 6.07 Å². The maximum atomic E-state index is 13.9. The van der Waals surface area contributed by atoms with E-state index in [0.717, 1.165) is 24.9 Å². The topological polar surface area (TPSA) is 32.3 Å². The van der Waals surface area contributed by atoms with Crippen molar-refractivity contribution < 1.29 is 9.18 Å². The standard InChI is InChI=1S/C17H25FN2O/c1-4-8-19-16-7-9-20(11-13(16)3)17(21)14-10-12(2)5-6-15(14)18/h5-6,10,13,16,19H,4,7-9,11H2,1-3H3. The Kier molecular flexibility index (Phi) is 5.34. The molecular weight excluding hydrogens is 267 g/mol. The zero-order valence-corrected chi connectivity index (χ0v) is 13.2. The Hall–Kier alpha value is -1.42. The van der Waals surface area contributed by atoms with Crippen LogP contribution in [-0.4, -0.2) is 36.5 Å². The van der Waals surface area contributed by atoms with Crippen LogP contribution < -0.4 is 5.32 Å². The molecule has 4 heteroatoms. The second-order valence-electron chi connectivity index (χ2n) is 6.06. The van der Waals surface area contributed by atoms with Gasteiger partial charge in [0.05, 0.1) is 5.56 Å². The molecule has 2 unspecified atom stereocenters. The lowest BCUT2D eigenvalue weighted by molar-refractivity contribution is 0.0640. The summed E-state index contributed by atoms with van der Waals surface area (Å²) < 4.78 is 13.9. The van der Waals surface area contributed by atoms with Crippen LogP contribution in [0.15, 0.2) is 18.2 Å². The number of hydrogen-bond acceptors (Lipinski definition) is 2. The normalized spacial score (nSPS) is 22.4. The maximum absolute atomic E-state index is 13.9. The van der Waals surface area contributed by atoms with E-state index in [1.54, 1.807) is 17.0 Å². The summed E-state index contributed by atoms with van der Waals surface area (Å²) in [5, 5.41) is 3.53. The summed E-state index contributed by atoms with van der Waals surface area (Å²) in [5.41, 5.74) is 1.11. The van der Waals surface area contributed by atoms with E-state index in [2.05, 4.69) is 19.2 Å². The summed E-state index contributed by atoms with van der Waals surface area (Å²) in [6.45, 7) is 8.57. The lowest BCUT2D eigenvalue weighted by Gasteiger charge is -2.37. The first-order valence-electron chi connectivity index (χ1n) is 7.81. The van der Waals surface area contributed by atoms with Crippen LogP contribution in [0, 0.1) is 18.7 Å². The Morgan fingerprint density at radius 2 is 2.24 bits per heavy atom. The average Bonchev–Trinajstić information content (AvgIpc) is 2.47. The van der Waals surface area contributed by atoms with Crippen LogP contribution in [0.3, 0.4) is 0 Å². The SMILES string of the molecule is CCCNC1CCN(C(=O)c2cc(C)ccc2F)CC1C. The molecule has 1 saturated heterocycles. The monoisotopic (exact) mass is 292 g/mol. The number of nitrogens with one attached hydrogen (secondary N) is 1. The van der Waals surface area contributed by atoms with E-state index >= 15 is 0 Å². The van der Waals surface area contributed by atoms with Crippen LogP contribution in [0.1, 0.15) is 42.6 Å². The number of rotatable bonds is 4. The van der Waals surface area contributed by atoms with Crippen molar-refractivity contribution in [1.82, 2.24) is 10.2 Å². The highest BCUT2D eigenvalue weighted by Gasteiger charge is 2.29. The molecule has 1 aliphatic rings. The Bertz CT molecular complexity index is 504. The number of aryl methyl sites for hydroxylation is 1. The fraction of sp³-hybridized carbons (Fsp3) is 0.588. The van der Waals surface area contributed by atoms with Crippen LogP contribution >= 0.6 is 0 Å². The number of halogens is 1. The van der Waals surface area contributed by atoms with Gasteiger partial charge in [-0.25, -0.2) is 4.39 Å². The van der Waals surface area contributed by atoms with Crippen LogP contribution in [0.2, 0.25) is 0 Å². The third-order valence-corrected chi connectivity index (χ3v) is 4.20. The number of piperidine rings is 1. The molecule has 1 fully saturated rings. The van der Waals surface area contributed by atoms with Gasteiger partial charge in [0.2, 0.25) is 0 Å². The number of hydrogen-bond donors (Lipinski definition) is 1. The summed E-state index contributed by atoms with van der Waals surface area (Å²) >= 11 is 0. The smallest absolute Gasteiger partial charge is 0.256 e. The van der Waals surface area contributed by atoms with E-state index in [4.69, 9.17) is 0 Å². The van der Waals surface area contributed by atoms with Gasteiger partial charge in [-0.05, 0) is 44.4 Å². The third kappa shape index (κ3) is 3.82. The Balaban J connectivity index is 2.03. The fourth-order valence-corrected chi connectivity index (χ4v) is 2.94. The van der Waals surface area contributed by atoms with Gasteiger partial charge in [0.25, 0.3) is 5.91 Å². The molecule has 1 N–H and O–H groups in total. The van der Waals surface area contributed by atoms with Crippen molar-refractivity contribution in [2.75, 3.05) is 19.6 Å². The number of carbonyl (C=O) groups is 1. The first-order valence-corrected chi connectivity index (χ1v) is 7.81. The molecule has 3 nitrogen and oxygen atoms in total. The Morgan fingerprint density at radius 3 is 2.90 bits per heavy atom. The minimum Gasteiger partial charge on any atom is -0.338 e. The molecule has 1 heterocycles. The number of nitrogens with zero attached hydrogens (tertiary/aromatic N) is 1. The molecule has 0 spiro atoms. The van der Waals surface area contributed by atoms with Crippen molar-refractivity contribution in [2.45, 2.75) is 39.7 Å². The molecule has 2 rings (SSSR count). The van der Waals surface area contributed by atoms with Crippen molar-refractivity contribution >= 4 is 5.91 Å². The van der Waals surface area contributed by atoms with Crippen molar-refractivity contribution in [3.63, 3.8) is 0 Å². The molecule has 21 heavy (non-hydrogen) atoms. The molecule has 116 valence electrons. The van der Waals surface area contributed by atoms with Gasteiger partial charge in [-0.15, -0.1) is 0 Å². The fourth-order valence-electron chi connectivity index (χ4n) is 2.94.